The standard InChI is InChI=1S/C24H32N2O5S/c27-23(26(21-13-14-21)20-10-4-3-5-11-20)18-31-24(28)19-9-8-12-22(17-19)32(29,30)25-15-6-1-2-7-16-25/h8-10,12,17,21H,1-7,11,13-16,18H2. The van der Waals surface area contributed by atoms with Crippen LogP contribution >= 0.6 is 0 Å². The first-order valence-corrected chi connectivity index (χ1v) is 13.2. The van der Waals surface area contributed by atoms with Crippen LogP contribution in [-0.4, -0.2) is 55.2 Å². The summed E-state index contributed by atoms with van der Waals surface area (Å²) in [5.41, 5.74) is 1.19. The van der Waals surface area contributed by atoms with Gasteiger partial charge in [0.05, 0.1) is 10.5 Å². The van der Waals surface area contributed by atoms with Crippen molar-refractivity contribution >= 4 is 21.9 Å². The van der Waals surface area contributed by atoms with Crippen molar-refractivity contribution in [1.29, 1.82) is 0 Å². The zero-order valence-electron chi connectivity index (χ0n) is 18.5. The van der Waals surface area contributed by atoms with Crippen LogP contribution in [0.1, 0.15) is 74.6 Å². The average Bonchev–Trinajstić information content (AvgIpc) is 3.66. The molecule has 0 N–H and O–H groups in total. The lowest BCUT2D eigenvalue weighted by atomic mass is 10.0. The second-order valence-corrected chi connectivity index (χ2v) is 10.8. The maximum atomic E-state index is 13.0. The van der Waals surface area contributed by atoms with Crippen LogP contribution in [0.5, 0.6) is 0 Å². The van der Waals surface area contributed by atoms with Gasteiger partial charge in [0, 0.05) is 24.8 Å². The summed E-state index contributed by atoms with van der Waals surface area (Å²) in [6.45, 7) is 0.659. The predicted octanol–water partition coefficient (Wildman–Crippen LogP) is 3.86. The number of carbonyl (C=O) groups excluding carboxylic acids is 2. The molecule has 0 bridgehead atoms. The number of allylic oxidation sites excluding steroid dienone is 2. The highest BCUT2D eigenvalue weighted by Crippen LogP contribution is 2.33. The Bertz CT molecular complexity index is 976. The normalized spacial score (nSPS) is 20.2. The van der Waals surface area contributed by atoms with Crippen molar-refractivity contribution in [2.24, 2.45) is 0 Å². The minimum absolute atomic E-state index is 0.0899. The van der Waals surface area contributed by atoms with Crippen LogP contribution in [0.2, 0.25) is 0 Å². The number of hydrogen-bond donors (Lipinski definition) is 0. The molecule has 174 valence electrons. The van der Waals surface area contributed by atoms with E-state index in [0.717, 1.165) is 69.9 Å². The maximum Gasteiger partial charge on any atom is 0.338 e. The molecule has 1 amide bonds. The highest BCUT2D eigenvalue weighted by Gasteiger charge is 2.35. The molecule has 32 heavy (non-hydrogen) atoms. The minimum atomic E-state index is -3.66. The Morgan fingerprint density at radius 2 is 1.78 bits per heavy atom. The maximum absolute atomic E-state index is 13.0. The van der Waals surface area contributed by atoms with E-state index in [1.54, 1.807) is 6.07 Å². The highest BCUT2D eigenvalue weighted by atomic mass is 32.2. The second kappa shape index (κ2) is 10.2. The van der Waals surface area contributed by atoms with Gasteiger partial charge in [-0.1, -0.05) is 25.0 Å². The molecule has 0 spiro atoms. The Morgan fingerprint density at radius 1 is 1.03 bits per heavy atom. The summed E-state index contributed by atoms with van der Waals surface area (Å²) in [5.74, 6) is -0.887. The number of benzene rings is 1. The average molecular weight is 461 g/mol. The van der Waals surface area contributed by atoms with Crippen molar-refractivity contribution in [2.45, 2.75) is 75.1 Å². The molecule has 0 unspecified atom stereocenters. The second-order valence-electron chi connectivity index (χ2n) is 8.86. The van der Waals surface area contributed by atoms with Crippen LogP contribution in [0.25, 0.3) is 0 Å². The van der Waals surface area contributed by atoms with Crippen LogP contribution in [0, 0.1) is 0 Å². The summed E-state index contributed by atoms with van der Waals surface area (Å²) < 4.78 is 32.9. The van der Waals surface area contributed by atoms with E-state index in [4.69, 9.17) is 4.74 Å². The van der Waals surface area contributed by atoms with Crippen LogP contribution < -0.4 is 0 Å². The van der Waals surface area contributed by atoms with Crippen molar-refractivity contribution in [3.8, 4) is 0 Å². The van der Waals surface area contributed by atoms with E-state index < -0.39 is 16.0 Å². The van der Waals surface area contributed by atoms with Gasteiger partial charge in [-0.05, 0) is 69.6 Å². The molecule has 1 saturated carbocycles. The Balaban J connectivity index is 1.41. The van der Waals surface area contributed by atoms with Gasteiger partial charge in [-0.3, -0.25) is 4.79 Å². The fourth-order valence-corrected chi connectivity index (χ4v) is 6.03. The molecule has 0 aromatic heterocycles. The van der Waals surface area contributed by atoms with Gasteiger partial charge < -0.3 is 9.64 Å². The van der Waals surface area contributed by atoms with E-state index >= 15 is 0 Å². The van der Waals surface area contributed by atoms with E-state index in [-0.39, 0.29) is 29.0 Å². The quantitative estimate of drug-likeness (QED) is 0.577. The van der Waals surface area contributed by atoms with Crippen molar-refractivity contribution in [3.05, 3.63) is 41.6 Å². The first-order valence-electron chi connectivity index (χ1n) is 11.8. The van der Waals surface area contributed by atoms with Crippen molar-refractivity contribution in [2.75, 3.05) is 19.7 Å². The minimum Gasteiger partial charge on any atom is -0.452 e. The lowest BCUT2D eigenvalue weighted by Gasteiger charge is -2.27. The van der Waals surface area contributed by atoms with Crippen molar-refractivity contribution in [1.82, 2.24) is 9.21 Å². The number of amides is 1. The Kier molecular flexibility index (Phi) is 7.30. The first-order chi connectivity index (χ1) is 15.5. The lowest BCUT2D eigenvalue weighted by molar-refractivity contribution is -0.133. The number of hydrogen-bond acceptors (Lipinski definition) is 5. The first kappa shape index (κ1) is 23.0. The summed E-state index contributed by atoms with van der Waals surface area (Å²) in [6, 6.07) is 6.15. The van der Waals surface area contributed by atoms with Gasteiger partial charge in [-0.15, -0.1) is 0 Å². The number of nitrogens with zero attached hydrogens (tertiary/aromatic N) is 2. The summed E-state index contributed by atoms with van der Waals surface area (Å²) >= 11 is 0. The molecule has 1 saturated heterocycles. The number of esters is 1. The SMILES string of the molecule is O=C(OCC(=O)N(C1=CCCCC1)C1CC1)c1cccc(S(=O)(=O)N2CCCCCC2)c1. The smallest absolute Gasteiger partial charge is 0.338 e. The zero-order valence-corrected chi connectivity index (χ0v) is 19.3. The van der Waals surface area contributed by atoms with Crippen molar-refractivity contribution < 1.29 is 22.7 Å². The number of ether oxygens (including phenoxy) is 1. The van der Waals surface area contributed by atoms with Crippen LogP contribution in [0.3, 0.4) is 0 Å². The van der Waals surface area contributed by atoms with Gasteiger partial charge in [-0.25, -0.2) is 13.2 Å². The molecule has 1 heterocycles. The molecule has 7 nitrogen and oxygen atoms in total. The highest BCUT2D eigenvalue weighted by molar-refractivity contribution is 7.89. The van der Waals surface area contributed by atoms with Gasteiger partial charge in [0.2, 0.25) is 10.0 Å². The molecule has 1 aromatic rings. The van der Waals surface area contributed by atoms with E-state index in [2.05, 4.69) is 6.08 Å². The Hall–Kier alpha value is -2.19. The fourth-order valence-electron chi connectivity index (χ4n) is 4.47. The molecule has 3 aliphatic rings. The molecule has 0 atom stereocenters. The van der Waals surface area contributed by atoms with Gasteiger partial charge in [-0.2, -0.15) is 4.31 Å². The number of sulfonamides is 1. The van der Waals surface area contributed by atoms with Gasteiger partial charge >= 0.3 is 5.97 Å². The van der Waals surface area contributed by atoms with E-state index in [1.165, 1.54) is 22.5 Å². The third-order valence-corrected chi connectivity index (χ3v) is 8.25. The molecule has 8 heteroatoms. The number of carbonyl (C=O) groups is 2. The third-order valence-electron chi connectivity index (χ3n) is 6.36. The summed E-state index contributed by atoms with van der Waals surface area (Å²) in [6.07, 6.45) is 11.9. The Morgan fingerprint density at radius 3 is 2.44 bits per heavy atom. The molecular weight excluding hydrogens is 428 g/mol. The summed E-state index contributed by atoms with van der Waals surface area (Å²) in [7, 11) is -3.66. The topological polar surface area (TPSA) is 84.0 Å². The Labute approximate surface area is 190 Å². The van der Waals surface area contributed by atoms with Gasteiger partial charge in [0.15, 0.2) is 6.61 Å². The van der Waals surface area contributed by atoms with E-state index in [1.807, 2.05) is 4.90 Å². The molecule has 2 fully saturated rings. The number of rotatable bonds is 7. The van der Waals surface area contributed by atoms with Gasteiger partial charge in [0.25, 0.3) is 5.91 Å². The largest absolute Gasteiger partial charge is 0.452 e. The van der Waals surface area contributed by atoms with Gasteiger partial charge in [0.1, 0.15) is 0 Å². The van der Waals surface area contributed by atoms with E-state index in [9.17, 15) is 18.0 Å². The predicted molar refractivity (Wildman–Crippen MR) is 120 cm³/mol. The molecule has 4 rings (SSSR count). The summed E-state index contributed by atoms with van der Waals surface area (Å²) in [4.78, 5) is 27.4. The molecule has 2 aliphatic carbocycles. The lowest BCUT2D eigenvalue weighted by Crippen LogP contribution is -2.36. The fraction of sp³-hybridized carbons (Fsp3) is 0.583. The third kappa shape index (κ3) is 5.41. The van der Waals surface area contributed by atoms with E-state index in [0.29, 0.717) is 13.1 Å². The van der Waals surface area contributed by atoms with Crippen LogP contribution in [0.4, 0.5) is 0 Å². The monoisotopic (exact) mass is 460 g/mol. The zero-order chi connectivity index (χ0) is 22.6. The summed E-state index contributed by atoms with van der Waals surface area (Å²) in [5, 5.41) is 0. The molecule has 1 aliphatic heterocycles. The molecule has 0 radical (unpaired) electrons. The van der Waals surface area contributed by atoms with Crippen LogP contribution in [0.15, 0.2) is 40.9 Å². The molecule has 1 aromatic carbocycles. The molecular formula is C24H32N2O5S. The van der Waals surface area contributed by atoms with Crippen LogP contribution in [-0.2, 0) is 19.6 Å². The van der Waals surface area contributed by atoms with Crippen molar-refractivity contribution in [3.63, 3.8) is 0 Å².